The zero-order chi connectivity index (χ0) is 14.9. The van der Waals surface area contributed by atoms with Crippen LogP contribution in [0.4, 0.5) is 4.39 Å². The van der Waals surface area contributed by atoms with Gasteiger partial charge in [0.25, 0.3) is 0 Å². The van der Waals surface area contributed by atoms with Crippen LogP contribution in [0.3, 0.4) is 0 Å². The van der Waals surface area contributed by atoms with Crippen LogP contribution in [-0.4, -0.2) is 29.3 Å². The summed E-state index contributed by atoms with van der Waals surface area (Å²) >= 11 is 2.99. The van der Waals surface area contributed by atoms with Crippen LogP contribution < -0.4 is 0 Å². The Balaban J connectivity index is 2.29. The van der Waals surface area contributed by atoms with Crippen LogP contribution in [0, 0.1) is 5.82 Å². The Morgan fingerprint density at radius 1 is 1.45 bits per heavy atom. The van der Waals surface area contributed by atoms with Gasteiger partial charge in [0, 0.05) is 26.5 Å². The van der Waals surface area contributed by atoms with E-state index in [1.807, 2.05) is 0 Å². The van der Waals surface area contributed by atoms with Gasteiger partial charge in [0.15, 0.2) is 0 Å². The molecule has 1 heterocycles. The molecule has 0 aliphatic carbocycles. The molecule has 1 aromatic heterocycles. The molecule has 1 aromatic carbocycles. The van der Waals surface area contributed by atoms with E-state index >= 15 is 0 Å². The fraction of sp³-hybridized carbons (Fsp3) is 0.250. The molecule has 5 nitrogen and oxygen atoms in total. The van der Waals surface area contributed by atoms with Crippen LogP contribution in [0.1, 0.15) is 5.82 Å². The van der Waals surface area contributed by atoms with E-state index in [2.05, 4.69) is 20.9 Å². The Morgan fingerprint density at radius 2 is 2.15 bits per heavy atom. The highest BCUT2D eigenvalue weighted by molar-refractivity contribution is 9.10. The van der Waals surface area contributed by atoms with Gasteiger partial charge in [-0.25, -0.2) is 17.8 Å². The van der Waals surface area contributed by atoms with E-state index in [0.29, 0.717) is 5.82 Å². The van der Waals surface area contributed by atoms with Gasteiger partial charge in [-0.15, -0.1) is 0 Å². The summed E-state index contributed by atoms with van der Waals surface area (Å²) in [6.45, 7) is 0.115. The van der Waals surface area contributed by atoms with Crippen molar-refractivity contribution in [3.8, 4) is 0 Å². The highest BCUT2D eigenvalue weighted by atomic mass is 79.9. The van der Waals surface area contributed by atoms with Crippen LogP contribution in [0.15, 0.2) is 40.0 Å². The second-order valence-electron chi connectivity index (χ2n) is 4.29. The molecule has 0 bridgehead atoms. The number of sulfonamides is 1. The molecular weight excluding hydrogens is 349 g/mol. The number of nitrogens with zero attached hydrogens (tertiary/aromatic N) is 3. The first kappa shape index (κ1) is 15.1. The normalized spacial score (nSPS) is 12.1. The number of aromatic nitrogens is 2. The van der Waals surface area contributed by atoms with E-state index in [-0.39, 0.29) is 15.9 Å². The van der Waals surface area contributed by atoms with E-state index in [1.54, 1.807) is 24.0 Å². The zero-order valence-electron chi connectivity index (χ0n) is 10.9. The molecular formula is C12H13BrFN3O2S. The van der Waals surface area contributed by atoms with Crippen LogP contribution in [0.5, 0.6) is 0 Å². The molecule has 2 rings (SSSR count). The molecule has 0 saturated carbocycles. The second kappa shape index (κ2) is 5.63. The van der Waals surface area contributed by atoms with Crippen molar-refractivity contribution in [3.63, 3.8) is 0 Å². The topological polar surface area (TPSA) is 55.2 Å². The average Bonchev–Trinajstić information content (AvgIpc) is 2.78. The van der Waals surface area contributed by atoms with E-state index in [1.165, 1.54) is 19.2 Å². The lowest BCUT2D eigenvalue weighted by molar-refractivity contribution is 0.450. The zero-order valence-corrected chi connectivity index (χ0v) is 13.3. The first-order valence-electron chi connectivity index (χ1n) is 5.70. The Kier molecular flexibility index (Phi) is 4.26. The van der Waals surface area contributed by atoms with Crippen molar-refractivity contribution < 1.29 is 12.8 Å². The van der Waals surface area contributed by atoms with E-state index < -0.39 is 15.8 Å². The fourth-order valence-corrected chi connectivity index (χ4v) is 3.03. The quantitative estimate of drug-likeness (QED) is 0.838. The van der Waals surface area contributed by atoms with Crippen LogP contribution >= 0.6 is 15.9 Å². The molecule has 0 N–H and O–H groups in total. The van der Waals surface area contributed by atoms with Gasteiger partial charge in [-0.3, -0.25) is 0 Å². The average molecular weight is 362 g/mol. The summed E-state index contributed by atoms with van der Waals surface area (Å²) in [6.07, 6.45) is 3.32. The summed E-state index contributed by atoms with van der Waals surface area (Å²) in [5, 5.41) is 0. The first-order chi connectivity index (χ1) is 9.32. The van der Waals surface area contributed by atoms with Crippen molar-refractivity contribution in [2.45, 2.75) is 11.4 Å². The van der Waals surface area contributed by atoms with Gasteiger partial charge in [-0.2, -0.15) is 4.31 Å². The summed E-state index contributed by atoms with van der Waals surface area (Å²) in [5.41, 5.74) is 0. The summed E-state index contributed by atoms with van der Waals surface area (Å²) in [4.78, 5) is 3.98. The predicted octanol–water partition coefficient (Wildman–Crippen LogP) is 2.14. The van der Waals surface area contributed by atoms with E-state index in [0.717, 1.165) is 10.4 Å². The lowest BCUT2D eigenvalue weighted by Crippen LogP contribution is -2.27. The van der Waals surface area contributed by atoms with Crippen LogP contribution in [0.2, 0.25) is 0 Å². The van der Waals surface area contributed by atoms with Crippen molar-refractivity contribution in [1.82, 2.24) is 13.9 Å². The maximum atomic E-state index is 13.5. The van der Waals surface area contributed by atoms with E-state index in [9.17, 15) is 12.8 Å². The maximum Gasteiger partial charge on any atom is 0.243 e. The van der Waals surface area contributed by atoms with Crippen molar-refractivity contribution in [2.24, 2.45) is 7.05 Å². The molecule has 0 spiro atoms. The lowest BCUT2D eigenvalue weighted by atomic mass is 10.3. The molecule has 8 heteroatoms. The molecule has 0 unspecified atom stereocenters. The molecule has 0 radical (unpaired) electrons. The largest absolute Gasteiger partial charge is 0.337 e. The minimum Gasteiger partial charge on any atom is -0.337 e. The minimum absolute atomic E-state index is 0.0880. The molecule has 0 aliphatic heterocycles. The van der Waals surface area contributed by atoms with Crippen LogP contribution in [-0.2, 0) is 23.6 Å². The van der Waals surface area contributed by atoms with Gasteiger partial charge in [-0.1, -0.05) is 0 Å². The summed E-state index contributed by atoms with van der Waals surface area (Å²) in [6, 6.07) is 3.72. The summed E-state index contributed by atoms with van der Waals surface area (Å²) in [7, 11) is -0.538. The van der Waals surface area contributed by atoms with Gasteiger partial charge in [0.1, 0.15) is 11.6 Å². The number of halogens is 2. The highest BCUT2D eigenvalue weighted by Gasteiger charge is 2.23. The number of hydrogen-bond acceptors (Lipinski definition) is 3. The second-order valence-corrected chi connectivity index (χ2v) is 7.19. The highest BCUT2D eigenvalue weighted by Crippen LogP contribution is 2.22. The van der Waals surface area contributed by atoms with E-state index in [4.69, 9.17) is 0 Å². The Hall–Kier alpha value is -1.25. The predicted molar refractivity (Wildman–Crippen MR) is 76.0 cm³/mol. The number of rotatable bonds is 4. The van der Waals surface area contributed by atoms with Gasteiger partial charge in [-0.05, 0) is 34.1 Å². The number of benzene rings is 1. The Bertz CT molecular complexity index is 730. The smallest absolute Gasteiger partial charge is 0.243 e. The minimum atomic E-state index is -3.75. The first-order valence-corrected chi connectivity index (χ1v) is 7.93. The number of imidazole rings is 1. The molecule has 0 amide bonds. The molecule has 0 fully saturated rings. The molecule has 2 aromatic rings. The molecule has 20 heavy (non-hydrogen) atoms. The van der Waals surface area contributed by atoms with Gasteiger partial charge in [0.05, 0.1) is 15.9 Å². The van der Waals surface area contributed by atoms with Crippen molar-refractivity contribution in [1.29, 1.82) is 0 Å². The van der Waals surface area contributed by atoms with Crippen LogP contribution in [0.25, 0.3) is 0 Å². The standard InChI is InChI=1S/C12H13BrFN3O2S/c1-16-6-5-15-12(16)8-17(2)20(18,19)9-3-4-10(13)11(14)7-9/h3-7H,8H2,1-2H3. The van der Waals surface area contributed by atoms with Crippen molar-refractivity contribution in [2.75, 3.05) is 7.05 Å². The SMILES string of the molecule is CN(Cc1nccn1C)S(=O)(=O)c1ccc(Br)c(F)c1. The van der Waals surface area contributed by atoms with Crippen molar-refractivity contribution >= 4 is 26.0 Å². The van der Waals surface area contributed by atoms with Gasteiger partial charge in [0.2, 0.25) is 10.0 Å². The molecule has 108 valence electrons. The molecule has 0 atom stereocenters. The third-order valence-corrected chi connectivity index (χ3v) is 5.33. The lowest BCUT2D eigenvalue weighted by Gasteiger charge is -2.17. The Labute approximate surface area is 125 Å². The van der Waals surface area contributed by atoms with Crippen molar-refractivity contribution in [3.05, 3.63) is 46.7 Å². The number of aryl methyl sites for hydroxylation is 1. The summed E-state index contributed by atoms with van der Waals surface area (Å²) in [5.74, 6) is -0.00914. The third kappa shape index (κ3) is 2.92. The third-order valence-electron chi connectivity index (χ3n) is 2.88. The molecule has 0 saturated heterocycles. The number of hydrogen-bond donors (Lipinski definition) is 0. The Morgan fingerprint density at radius 3 is 2.70 bits per heavy atom. The maximum absolute atomic E-state index is 13.5. The van der Waals surface area contributed by atoms with Gasteiger partial charge >= 0.3 is 0 Å². The monoisotopic (exact) mass is 361 g/mol. The molecule has 0 aliphatic rings. The summed E-state index contributed by atoms with van der Waals surface area (Å²) < 4.78 is 41.2. The fourth-order valence-electron chi connectivity index (χ4n) is 1.65. The van der Waals surface area contributed by atoms with Gasteiger partial charge < -0.3 is 4.57 Å².